The second kappa shape index (κ2) is 9.59. The molecular formula is C35H46O3. The molecule has 0 unspecified atom stereocenters. The van der Waals surface area contributed by atoms with Gasteiger partial charge in [0.2, 0.25) is 0 Å². The fourth-order valence-electron chi connectivity index (χ4n) is 5.42. The van der Waals surface area contributed by atoms with Crippen molar-refractivity contribution in [2.45, 2.75) is 105 Å². The zero-order valence-electron chi connectivity index (χ0n) is 25.4. The van der Waals surface area contributed by atoms with Gasteiger partial charge in [0.25, 0.3) is 0 Å². The van der Waals surface area contributed by atoms with Crippen LogP contribution in [0.25, 0.3) is 22.3 Å². The molecule has 0 aromatic heterocycles. The Kier molecular flexibility index (Phi) is 7.44. The van der Waals surface area contributed by atoms with Crippen LogP contribution in [0.3, 0.4) is 0 Å². The standard InChI is InChI=1S/C35H46O3/c1-32(2,3)22-18-19-23(24(20-22)33(4,5)6)26-27(31(37)38)25(21-16-14-13-15-17-21)28(34(7,8)9)30(36)29(26)35(10,11)12/h13-20,36H,1-12H3,(H,37,38). The van der Waals surface area contributed by atoms with E-state index in [0.717, 1.165) is 16.7 Å². The fraction of sp³-hybridized carbons (Fsp3) is 0.457. The second-order valence-electron chi connectivity index (χ2n) is 14.7. The zero-order valence-corrected chi connectivity index (χ0v) is 25.4. The largest absolute Gasteiger partial charge is 0.507 e. The number of rotatable bonds is 3. The van der Waals surface area contributed by atoms with Crippen LogP contribution in [0.1, 0.15) is 116 Å². The summed E-state index contributed by atoms with van der Waals surface area (Å²) in [4.78, 5) is 13.4. The Morgan fingerprint density at radius 2 is 1.13 bits per heavy atom. The van der Waals surface area contributed by atoms with Gasteiger partial charge in [0.05, 0.1) is 5.56 Å². The van der Waals surface area contributed by atoms with Crippen molar-refractivity contribution in [1.82, 2.24) is 0 Å². The number of carboxylic acids is 1. The first-order valence-corrected chi connectivity index (χ1v) is 13.6. The third kappa shape index (κ3) is 5.53. The molecule has 204 valence electrons. The molecule has 2 N–H and O–H groups in total. The highest BCUT2D eigenvalue weighted by Crippen LogP contribution is 2.53. The first kappa shape index (κ1) is 29.5. The fourth-order valence-corrected chi connectivity index (χ4v) is 5.42. The summed E-state index contributed by atoms with van der Waals surface area (Å²) in [5, 5.41) is 23.1. The van der Waals surface area contributed by atoms with E-state index < -0.39 is 16.8 Å². The van der Waals surface area contributed by atoms with Crippen LogP contribution in [0.2, 0.25) is 0 Å². The van der Waals surface area contributed by atoms with Gasteiger partial charge in [0.1, 0.15) is 5.75 Å². The summed E-state index contributed by atoms with van der Waals surface area (Å²) < 4.78 is 0. The summed E-state index contributed by atoms with van der Waals surface area (Å²) in [7, 11) is 0. The van der Waals surface area contributed by atoms with Gasteiger partial charge in [-0.25, -0.2) is 4.79 Å². The van der Waals surface area contributed by atoms with Crippen LogP contribution in [0.15, 0.2) is 48.5 Å². The van der Waals surface area contributed by atoms with Crippen molar-refractivity contribution in [1.29, 1.82) is 0 Å². The number of phenolic OH excluding ortho intramolecular Hbond substituents is 1. The highest BCUT2D eigenvalue weighted by atomic mass is 16.4. The molecule has 3 rings (SSSR count). The molecule has 0 amide bonds. The summed E-state index contributed by atoms with van der Waals surface area (Å²) in [5.74, 6) is -0.807. The van der Waals surface area contributed by atoms with Crippen molar-refractivity contribution >= 4 is 5.97 Å². The molecule has 0 spiro atoms. The van der Waals surface area contributed by atoms with E-state index in [1.165, 1.54) is 5.56 Å². The molecule has 3 heteroatoms. The molecule has 0 aliphatic heterocycles. The van der Waals surface area contributed by atoms with Gasteiger partial charge in [-0.05, 0) is 43.9 Å². The van der Waals surface area contributed by atoms with Crippen molar-refractivity contribution in [3.8, 4) is 28.0 Å². The highest BCUT2D eigenvalue weighted by molar-refractivity contribution is 6.07. The number of aromatic carboxylic acids is 1. The number of hydrogen-bond donors (Lipinski definition) is 2. The zero-order chi connectivity index (χ0) is 29.0. The van der Waals surface area contributed by atoms with E-state index in [1.807, 2.05) is 71.9 Å². The summed E-state index contributed by atoms with van der Waals surface area (Å²) in [6, 6.07) is 16.0. The molecule has 0 fully saturated rings. The molecule has 38 heavy (non-hydrogen) atoms. The van der Waals surface area contributed by atoms with Gasteiger partial charge in [0, 0.05) is 22.3 Å². The Morgan fingerprint density at radius 1 is 0.632 bits per heavy atom. The first-order valence-electron chi connectivity index (χ1n) is 13.6. The smallest absolute Gasteiger partial charge is 0.336 e. The van der Waals surface area contributed by atoms with Gasteiger partial charge < -0.3 is 10.2 Å². The van der Waals surface area contributed by atoms with Crippen LogP contribution >= 0.6 is 0 Å². The average molecular weight is 515 g/mol. The summed E-state index contributed by atoms with van der Waals surface area (Å²) in [5.41, 5.74) is 5.37. The van der Waals surface area contributed by atoms with Gasteiger partial charge in [-0.15, -0.1) is 0 Å². The van der Waals surface area contributed by atoms with Gasteiger partial charge in [-0.2, -0.15) is 0 Å². The lowest BCUT2D eigenvalue weighted by Gasteiger charge is -2.35. The summed E-state index contributed by atoms with van der Waals surface area (Å²) in [6.07, 6.45) is 0. The van der Waals surface area contributed by atoms with Crippen molar-refractivity contribution in [3.05, 3.63) is 76.3 Å². The topological polar surface area (TPSA) is 57.5 Å². The van der Waals surface area contributed by atoms with Crippen molar-refractivity contribution in [2.75, 3.05) is 0 Å². The van der Waals surface area contributed by atoms with Crippen LogP contribution in [-0.4, -0.2) is 16.2 Å². The van der Waals surface area contributed by atoms with Crippen molar-refractivity contribution in [3.63, 3.8) is 0 Å². The summed E-state index contributed by atoms with van der Waals surface area (Å²) in [6.45, 7) is 25.3. The van der Waals surface area contributed by atoms with Gasteiger partial charge in [0.15, 0.2) is 0 Å². The minimum absolute atomic E-state index is 0.0611. The Balaban J connectivity index is 2.75. The Morgan fingerprint density at radius 3 is 1.55 bits per heavy atom. The quantitative estimate of drug-likeness (QED) is 0.366. The Labute approximate surface area is 229 Å². The number of phenols is 1. The lowest BCUT2D eigenvalue weighted by molar-refractivity contribution is 0.0698. The van der Waals surface area contributed by atoms with E-state index in [9.17, 15) is 15.0 Å². The van der Waals surface area contributed by atoms with E-state index in [-0.39, 0.29) is 22.1 Å². The predicted molar refractivity (Wildman–Crippen MR) is 161 cm³/mol. The van der Waals surface area contributed by atoms with E-state index >= 15 is 0 Å². The predicted octanol–water partition coefficient (Wildman–Crippen LogP) is 9.61. The minimum Gasteiger partial charge on any atom is -0.507 e. The van der Waals surface area contributed by atoms with E-state index in [2.05, 4.69) is 59.7 Å². The maximum absolute atomic E-state index is 13.4. The van der Waals surface area contributed by atoms with Crippen molar-refractivity contribution < 1.29 is 15.0 Å². The third-order valence-electron chi connectivity index (χ3n) is 7.21. The van der Waals surface area contributed by atoms with Crippen LogP contribution < -0.4 is 0 Å². The number of carbonyl (C=O) groups is 1. The lowest BCUT2D eigenvalue weighted by Crippen LogP contribution is -2.24. The lowest BCUT2D eigenvalue weighted by atomic mass is 9.68. The molecule has 0 saturated carbocycles. The third-order valence-corrected chi connectivity index (χ3v) is 7.21. The minimum atomic E-state index is -0.991. The number of carboxylic acid groups (broad SMARTS) is 1. The maximum Gasteiger partial charge on any atom is 0.336 e. The first-order chi connectivity index (χ1) is 17.2. The van der Waals surface area contributed by atoms with Crippen LogP contribution in [-0.2, 0) is 21.7 Å². The molecule has 0 saturated heterocycles. The molecule has 0 aliphatic carbocycles. The molecule has 3 nitrogen and oxygen atoms in total. The second-order valence-corrected chi connectivity index (χ2v) is 14.7. The monoisotopic (exact) mass is 514 g/mol. The van der Waals surface area contributed by atoms with E-state index in [1.54, 1.807) is 0 Å². The Bertz CT molecular complexity index is 1350. The number of aromatic hydroxyl groups is 1. The molecule has 0 radical (unpaired) electrons. The molecule has 0 aliphatic rings. The molecule has 3 aromatic carbocycles. The number of benzene rings is 3. The average Bonchev–Trinajstić information content (AvgIpc) is 2.75. The summed E-state index contributed by atoms with van der Waals surface area (Å²) >= 11 is 0. The van der Waals surface area contributed by atoms with E-state index in [4.69, 9.17) is 0 Å². The molecule has 0 bridgehead atoms. The van der Waals surface area contributed by atoms with Gasteiger partial charge >= 0.3 is 5.97 Å². The van der Waals surface area contributed by atoms with Gasteiger partial charge in [-0.1, -0.05) is 132 Å². The maximum atomic E-state index is 13.4. The van der Waals surface area contributed by atoms with Crippen LogP contribution in [0.4, 0.5) is 0 Å². The molecular weight excluding hydrogens is 468 g/mol. The molecule has 0 atom stereocenters. The van der Waals surface area contributed by atoms with E-state index in [0.29, 0.717) is 22.3 Å². The SMILES string of the molecule is CC(C)(C)c1ccc(-c2c(C(=O)O)c(-c3ccccc3)c(C(C)(C)C)c(O)c2C(C)(C)C)c(C(C)(C)C)c1. The number of hydrogen-bond acceptors (Lipinski definition) is 2. The normalized spacial score (nSPS) is 13.1. The molecule has 3 aromatic rings. The van der Waals surface area contributed by atoms with Crippen LogP contribution in [0.5, 0.6) is 5.75 Å². The molecule has 0 heterocycles. The van der Waals surface area contributed by atoms with Crippen molar-refractivity contribution in [2.24, 2.45) is 0 Å². The Hall–Kier alpha value is -3.07. The van der Waals surface area contributed by atoms with Crippen LogP contribution in [0, 0.1) is 0 Å². The highest BCUT2D eigenvalue weighted by Gasteiger charge is 2.38. The van der Waals surface area contributed by atoms with Gasteiger partial charge in [-0.3, -0.25) is 0 Å².